The van der Waals surface area contributed by atoms with E-state index < -0.39 is 0 Å². The van der Waals surface area contributed by atoms with Crippen LogP contribution in [0.4, 0.5) is 5.69 Å². The Balaban J connectivity index is 0.00000108. The van der Waals surface area contributed by atoms with E-state index in [1.165, 1.54) is 22.0 Å². The Morgan fingerprint density at radius 2 is 1.76 bits per heavy atom. The van der Waals surface area contributed by atoms with Gasteiger partial charge in [0, 0.05) is 5.39 Å². The number of halogens is 1. The fraction of sp³-hybridized carbons (Fsp3) is 0.286. The van der Waals surface area contributed by atoms with Gasteiger partial charge in [-0.2, -0.15) is 0 Å². The van der Waals surface area contributed by atoms with Crippen LogP contribution in [0.5, 0.6) is 0 Å². The van der Waals surface area contributed by atoms with E-state index in [2.05, 4.69) is 50.5 Å². The molecule has 0 saturated carbocycles. The number of likely N-dealkylation sites (N-methyl/N-ethyl adjacent to an activating group) is 1. The van der Waals surface area contributed by atoms with Gasteiger partial charge in [0.25, 0.3) is 0 Å². The lowest BCUT2D eigenvalue weighted by Crippen LogP contribution is -3.00. The first-order valence-electron chi connectivity index (χ1n) is 5.63. The number of hydrogen-bond donors (Lipinski definition) is 1. The first-order valence-corrected chi connectivity index (χ1v) is 5.63. The van der Waals surface area contributed by atoms with Gasteiger partial charge in [-0.15, -0.1) is 0 Å². The lowest BCUT2D eigenvalue weighted by Gasteiger charge is -2.38. The van der Waals surface area contributed by atoms with Crippen LogP contribution in [0.15, 0.2) is 36.4 Å². The third kappa shape index (κ3) is 1.64. The fourth-order valence-corrected chi connectivity index (χ4v) is 2.63. The molecule has 90 valence electrons. The zero-order chi connectivity index (χ0) is 11.3. The molecule has 2 nitrogen and oxygen atoms in total. The highest BCUT2D eigenvalue weighted by molar-refractivity contribution is 5.97. The molecule has 3 rings (SSSR count). The second-order valence-electron chi connectivity index (χ2n) is 5.02. The van der Waals surface area contributed by atoms with E-state index in [0.717, 1.165) is 6.42 Å². The van der Waals surface area contributed by atoms with Crippen LogP contribution in [0.25, 0.3) is 10.8 Å². The topological polar surface area (TPSA) is 20.2 Å². The third-order valence-corrected chi connectivity index (χ3v) is 3.74. The number of rotatable bonds is 0. The zero-order valence-corrected chi connectivity index (χ0v) is 10.8. The van der Waals surface area contributed by atoms with Crippen molar-refractivity contribution in [2.24, 2.45) is 0 Å². The summed E-state index contributed by atoms with van der Waals surface area (Å²) in [4.78, 5) is 0. The van der Waals surface area contributed by atoms with Gasteiger partial charge in [0.1, 0.15) is 5.69 Å². The Morgan fingerprint density at radius 1 is 1.12 bits per heavy atom. The largest absolute Gasteiger partial charge is 1.00 e. The van der Waals surface area contributed by atoms with Crippen molar-refractivity contribution in [2.75, 3.05) is 14.1 Å². The van der Waals surface area contributed by atoms with Crippen molar-refractivity contribution in [3.05, 3.63) is 42.0 Å². The minimum Gasteiger partial charge on any atom is -1.00 e. The standard InChI is InChI=1S/C14H16NO.ClH/c1-15(2)12-8-4-6-10-5-3-7-11(14(10)12)9-13(15)16;/h3-8,13,16H,9H2,1-2H3;1H/q+1;/p-1. The maximum Gasteiger partial charge on any atom is 0.198 e. The van der Waals surface area contributed by atoms with Gasteiger partial charge in [-0.05, 0) is 17.0 Å². The van der Waals surface area contributed by atoms with E-state index in [4.69, 9.17) is 0 Å². The van der Waals surface area contributed by atoms with Crippen LogP contribution in [0.3, 0.4) is 0 Å². The van der Waals surface area contributed by atoms with E-state index in [0.29, 0.717) is 4.48 Å². The van der Waals surface area contributed by atoms with Gasteiger partial charge < -0.3 is 17.5 Å². The summed E-state index contributed by atoms with van der Waals surface area (Å²) < 4.78 is 0.550. The van der Waals surface area contributed by atoms with Crippen LogP contribution in [0.2, 0.25) is 0 Å². The highest BCUT2D eigenvalue weighted by atomic mass is 35.5. The van der Waals surface area contributed by atoms with Crippen LogP contribution in [-0.4, -0.2) is 25.4 Å². The minimum absolute atomic E-state index is 0. The smallest absolute Gasteiger partial charge is 0.198 e. The average molecular weight is 250 g/mol. The SMILES string of the molecule is C[N+]1(C)c2cccc3cccc(c23)CC1O.[Cl-]. The number of nitrogens with zero attached hydrogens (tertiary/aromatic N) is 1. The van der Waals surface area contributed by atoms with Gasteiger partial charge in [-0.25, -0.2) is 0 Å². The van der Waals surface area contributed by atoms with Gasteiger partial charge in [0.15, 0.2) is 6.23 Å². The van der Waals surface area contributed by atoms with E-state index >= 15 is 0 Å². The molecule has 0 aliphatic carbocycles. The van der Waals surface area contributed by atoms with Crippen molar-refractivity contribution in [1.82, 2.24) is 4.48 Å². The molecule has 2 aromatic carbocycles. The maximum atomic E-state index is 10.2. The molecule has 0 spiro atoms. The summed E-state index contributed by atoms with van der Waals surface area (Å²) >= 11 is 0. The van der Waals surface area contributed by atoms with Gasteiger partial charge in [-0.3, -0.25) is 4.48 Å². The molecule has 0 amide bonds. The molecule has 3 heteroatoms. The van der Waals surface area contributed by atoms with E-state index in [1.54, 1.807) is 0 Å². The van der Waals surface area contributed by atoms with E-state index in [-0.39, 0.29) is 18.6 Å². The fourth-order valence-electron chi connectivity index (χ4n) is 2.63. The van der Waals surface area contributed by atoms with Crippen molar-refractivity contribution >= 4 is 16.5 Å². The van der Waals surface area contributed by atoms with Gasteiger partial charge in [0.2, 0.25) is 0 Å². The molecule has 0 aromatic heterocycles. The highest BCUT2D eigenvalue weighted by Gasteiger charge is 2.35. The van der Waals surface area contributed by atoms with Crippen molar-refractivity contribution in [3.63, 3.8) is 0 Å². The van der Waals surface area contributed by atoms with Gasteiger partial charge in [0.05, 0.1) is 20.5 Å². The molecule has 1 aliphatic rings. The molecule has 1 atom stereocenters. The second kappa shape index (κ2) is 3.98. The van der Waals surface area contributed by atoms with Crippen molar-refractivity contribution in [3.8, 4) is 0 Å². The molecule has 1 N–H and O–H groups in total. The summed E-state index contributed by atoms with van der Waals surface area (Å²) in [6.45, 7) is 0. The van der Waals surface area contributed by atoms with Crippen LogP contribution in [-0.2, 0) is 6.42 Å². The molecule has 2 aromatic rings. The quantitative estimate of drug-likeness (QED) is 0.612. The van der Waals surface area contributed by atoms with E-state index in [9.17, 15) is 5.11 Å². The predicted molar refractivity (Wildman–Crippen MR) is 67.3 cm³/mol. The summed E-state index contributed by atoms with van der Waals surface area (Å²) in [6.07, 6.45) is 0.391. The van der Waals surface area contributed by atoms with Crippen molar-refractivity contribution < 1.29 is 17.5 Å². The third-order valence-electron chi connectivity index (χ3n) is 3.74. The Kier molecular flexibility index (Phi) is 2.90. The Labute approximate surface area is 107 Å². The Hall–Kier alpha value is -1.09. The summed E-state index contributed by atoms with van der Waals surface area (Å²) in [5.41, 5.74) is 2.48. The van der Waals surface area contributed by atoms with Crippen LogP contribution in [0.1, 0.15) is 5.56 Å². The Morgan fingerprint density at radius 3 is 2.47 bits per heavy atom. The van der Waals surface area contributed by atoms with Gasteiger partial charge >= 0.3 is 0 Å². The minimum atomic E-state index is -0.347. The summed E-state index contributed by atoms with van der Waals surface area (Å²) in [5, 5.41) is 12.8. The van der Waals surface area contributed by atoms with Crippen LogP contribution < -0.4 is 16.9 Å². The molecule has 0 bridgehead atoms. The maximum absolute atomic E-state index is 10.2. The van der Waals surface area contributed by atoms with Gasteiger partial charge in [-0.1, -0.05) is 30.3 Å². The molecular formula is C14H16ClNO. The first kappa shape index (κ1) is 12.4. The molecule has 0 radical (unpaired) electrons. The molecule has 17 heavy (non-hydrogen) atoms. The Bertz CT molecular complexity index is 560. The summed E-state index contributed by atoms with van der Waals surface area (Å²) in [5.74, 6) is 0. The number of quaternary nitrogens is 1. The van der Waals surface area contributed by atoms with Crippen LogP contribution >= 0.6 is 0 Å². The van der Waals surface area contributed by atoms with Crippen molar-refractivity contribution in [1.29, 1.82) is 0 Å². The number of benzene rings is 2. The number of aliphatic hydroxyl groups excluding tert-OH is 1. The normalized spacial score (nSPS) is 21.0. The number of hydrogen-bond acceptors (Lipinski definition) is 1. The molecule has 1 unspecified atom stereocenters. The zero-order valence-electron chi connectivity index (χ0n) is 10.0. The average Bonchev–Trinajstić information content (AvgIpc) is 2.27. The van der Waals surface area contributed by atoms with E-state index in [1.807, 2.05) is 0 Å². The monoisotopic (exact) mass is 249 g/mol. The molecule has 0 saturated heterocycles. The molecule has 0 fully saturated rings. The summed E-state index contributed by atoms with van der Waals surface area (Å²) in [7, 11) is 4.13. The lowest BCUT2D eigenvalue weighted by atomic mass is 9.94. The summed E-state index contributed by atoms with van der Waals surface area (Å²) in [6, 6.07) is 12.7. The molecular weight excluding hydrogens is 234 g/mol. The predicted octanol–water partition coefficient (Wildman–Crippen LogP) is -0.715. The number of aliphatic hydroxyl groups is 1. The highest BCUT2D eigenvalue weighted by Crippen LogP contribution is 2.38. The lowest BCUT2D eigenvalue weighted by molar-refractivity contribution is -0.00000676. The van der Waals surface area contributed by atoms with Crippen molar-refractivity contribution in [2.45, 2.75) is 12.6 Å². The molecule has 1 heterocycles. The van der Waals surface area contributed by atoms with Crippen LogP contribution in [0, 0.1) is 0 Å². The first-order chi connectivity index (χ1) is 7.60. The molecule has 1 aliphatic heterocycles. The second-order valence-corrected chi connectivity index (χ2v) is 5.02.